The van der Waals surface area contributed by atoms with Gasteiger partial charge in [0.15, 0.2) is 0 Å². The van der Waals surface area contributed by atoms with E-state index in [1.54, 1.807) is 41.0 Å². The highest BCUT2D eigenvalue weighted by Crippen LogP contribution is 2.19. The van der Waals surface area contributed by atoms with Crippen LogP contribution in [0.25, 0.3) is 5.82 Å². The molecule has 3 aromatic rings. The Morgan fingerprint density at radius 1 is 1.08 bits per heavy atom. The number of anilines is 1. The Morgan fingerprint density at radius 2 is 1.76 bits per heavy atom. The van der Waals surface area contributed by atoms with Gasteiger partial charge in [-0.1, -0.05) is 0 Å². The van der Waals surface area contributed by atoms with Crippen LogP contribution >= 0.6 is 15.9 Å². The van der Waals surface area contributed by atoms with Crippen molar-refractivity contribution in [3.63, 3.8) is 0 Å². The number of carbonyl (C=O) groups excluding carboxylic acids is 2. The monoisotopic (exact) mass is 401 g/mol. The zero-order chi connectivity index (χ0) is 17.8. The summed E-state index contributed by atoms with van der Waals surface area (Å²) < 4.78 is 6.78. The van der Waals surface area contributed by atoms with Crippen LogP contribution in [0, 0.1) is 0 Å². The number of hydrogen-bond donors (Lipinski definition) is 1. The minimum absolute atomic E-state index is 0.211. The van der Waals surface area contributed by atoms with E-state index in [1.807, 2.05) is 0 Å². The van der Waals surface area contributed by atoms with Gasteiger partial charge in [0.1, 0.15) is 24.2 Å². The summed E-state index contributed by atoms with van der Waals surface area (Å²) in [4.78, 5) is 28.2. The number of halogens is 1. The molecule has 1 N–H and O–H groups in total. The number of hydrogen-bond acceptors (Lipinski definition) is 6. The molecule has 8 nitrogen and oxygen atoms in total. The summed E-state index contributed by atoms with van der Waals surface area (Å²) >= 11 is 3.32. The number of benzene rings is 1. The summed E-state index contributed by atoms with van der Waals surface area (Å²) in [6, 6.07) is 9.81. The first kappa shape index (κ1) is 16.8. The molecule has 0 bridgehead atoms. The molecule has 0 aliphatic heterocycles. The highest BCUT2D eigenvalue weighted by molar-refractivity contribution is 9.10. The van der Waals surface area contributed by atoms with E-state index in [1.165, 1.54) is 19.8 Å². The van der Waals surface area contributed by atoms with Crippen molar-refractivity contribution >= 4 is 33.5 Å². The van der Waals surface area contributed by atoms with Crippen LogP contribution in [0.3, 0.4) is 0 Å². The molecule has 0 atom stereocenters. The van der Waals surface area contributed by atoms with Gasteiger partial charge in [-0.15, -0.1) is 10.2 Å². The van der Waals surface area contributed by atoms with Crippen LogP contribution in [0.2, 0.25) is 0 Å². The Kier molecular flexibility index (Phi) is 4.85. The standard InChI is InChI=1S/C16H12BrN5O3/c1-25-16(24)10-2-4-11(5-3-10)20-15(23)14-12(17)6-7-13(21-14)22-8-18-19-9-22/h2-9H,1H3,(H,20,23). The van der Waals surface area contributed by atoms with E-state index in [0.717, 1.165) is 0 Å². The number of pyridine rings is 1. The molecule has 2 heterocycles. The van der Waals surface area contributed by atoms with Crippen LogP contribution in [-0.2, 0) is 4.74 Å². The second-order valence-corrected chi connectivity index (χ2v) is 5.75. The first-order valence-electron chi connectivity index (χ1n) is 7.10. The van der Waals surface area contributed by atoms with Crippen LogP contribution in [0.1, 0.15) is 20.8 Å². The van der Waals surface area contributed by atoms with Gasteiger partial charge in [0, 0.05) is 10.2 Å². The molecule has 0 spiro atoms. The maximum Gasteiger partial charge on any atom is 0.337 e. The summed E-state index contributed by atoms with van der Waals surface area (Å²) in [5, 5.41) is 10.2. The molecule has 25 heavy (non-hydrogen) atoms. The third kappa shape index (κ3) is 3.72. The molecule has 0 fully saturated rings. The molecular weight excluding hydrogens is 390 g/mol. The van der Waals surface area contributed by atoms with Gasteiger partial charge in [-0.05, 0) is 52.3 Å². The molecule has 0 unspecified atom stereocenters. The summed E-state index contributed by atoms with van der Waals surface area (Å²) in [7, 11) is 1.31. The number of aromatic nitrogens is 4. The number of ether oxygens (including phenoxy) is 1. The summed E-state index contributed by atoms with van der Waals surface area (Å²) in [6.07, 6.45) is 2.98. The minimum Gasteiger partial charge on any atom is -0.465 e. The van der Waals surface area contributed by atoms with Crippen LogP contribution in [0.4, 0.5) is 5.69 Å². The third-order valence-corrected chi connectivity index (χ3v) is 3.93. The molecular formula is C16H12BrN5O3. The van der Waals surface area contributed by atoms with E-state index in [0.29, 0.717) is 21.5 Å². The number of nitrogens with one attached hydrogen (secondary N) is 1. The highest BCUT2D eigenvalue weighted by Gasteiger charge is 2.14. The van der Waals surface area contributed by atoms with Crippen molar-refractivity contribution in [2.45, 2.75) is 0 Å². The van der Waals surface area contributed by atoms with Crippen molar-refractivity contribution in [3.8, 4) is 5.82 Å². The largest absolute Gasteiger partial charge is 0.465 e. The third-order valence-electron chi connectivity index (χ3n) is 3.29. The van der Waals surface area contributed by atoms with Gasteiger partial charge in [0.05, 0.1) is 12.7 Å². The number of carbonyl (C=O) groups is 2. The molecule has 0 aliphatic carbocycles. The van der Waals surface area contributed by atoms with E-state index in [9.17, 15) is 9.59 Å². The van der Waals surface area contributed by atoms with Crippen molar-refractivity contribution in [3.05, 3.63) is 64.8 Å². The fraction of sp³-hybridized carbons (Fsp3) is 0.0625. The lowest BCUT2D eigenvalue weighted by Gasteiger charge is -2.09. The van der Waals surface area contributed by atoms with E-state index >= 15 is 0 Å². The SMILES string of the molecule is COC(=O)c1ccc(NC(=O)c2nc(-n3cnnc3)ccc2Br)cc1. The number of esters is 1. The van der Waals surface area contributed by atoms with Gasteiger partial charge < -0.3 is 10.1 Å². The number of methoxy groups -OCH3 is 1. The number of nitrogens with zero attached hydrogens (tertiary/aromatic N) is 4. The van der Waals surface area contributed by atoms with Crippen molar-refractivity contribution in [2.24, 2.45) is 0 Å². The van der Waals surface area contributed by atoms with Crippen LogP contribution in [0.15, 0.2) is 53.5 Å². The van der Waals surface area contributed by atoms with E-state index < -0.39 is 11.9 Å². The predicted molar refractivity (Wildman–Crippen MR) is 92.6 cm³/mol. The fourth-order valence-corrected chi connectivity index (χ4v) is 2.45. The van der Waals surface area contributed by atoms with Gasteiger partial charge in [-0.2, -0.15) is 0 Å². The lowest BCUT2D eigenvalue weighted by atomic mass is 10.2. The number of rotatable bonds is 4. The Labute approximate surface area is 151 Å². The first-order chi connectivity index (χ1) is 12.1. The average Bonchev–Trinajstić information content (AvgIpc) is 3.16. The van der Waals surface area contributed by atoms with Crippen molar-refractivity contribution in [1.29, 1.82) is 0 Å². The first-order valence-corrected chi connectivity index (χ1v) is 7.89. The smallest absolute Gasteiger partial charge is 0.337 e. The molecule has 3 rings (SSSR count). The van der Waals surface area contributed by atoms with Gasteiger partial charge in [0.25, 0.3) is 5.91 Å². The van der Waals surface area contributed by atoms with E-state index in [-0.39, 0.29) is 5.69 Å². The fourth-order valence-electron chi connectivity index (χ4n) is 2.05. The highest BCUT2D eigenvalue weighted by atomic mass is 79.9. The van der Waals surface area contributed by atoms with Crippen molar-refractivity contribution in [1.82, 2.24) is 19.7 Å². The zero-order valence-corrected chi connectivity index (χ0v) is 14.6. The molecule has 0 saturated carbocycles. The molecule has 2 aromatic heterocycles. The Morgan fingerprint density at radius 3 is 2.40 bits per heavy atom. The van der Waals surface area contributed by atoms with Crippen LogP contribution < -0.4 is 5.32 Å². The Hall–Kier alpha value is -3.07. The molecule has 1 amide bonds. The second-order valence-electron chi connectivity index (χ2n) is 4.89. The lowest BCUT2D eigenvalue weighted by molar-refractivity contribution is 0.0600. The van der Waals surface area contributed by atoms with Crippen LogP contribution in [-0.4, -0.2) is 38.7 Å². The lowest BCUT2D eigenvalue weighted by Crippen LogP contribution is -2.15. The maximum absolute atomic E-state index is 12.5. The quantitative estimate of drug-likeness (QED) is 0.674. The Balaban J connectivity index is 1.81. The molecule has 0 saturated heterocycles. The molecule has 126 valence electrons. The topological polar surface area (TPSA) is 99.0 Å². The summed E-state index contributed by atoms with van der Waals surface area (Å²) in [5.41, 5.74) is 1.14. The second kappa shape index (κ2) is 7.22. The molecule has 0 radical (unpaired) electrons. The minimum atomic E-state index is -0.441. The van der Waals surface area contributed by atoms with Crippen molar-refractivity contribution < 1.29 is 14.3 Å². The van der Waals surface area contributed by atoms with Gasteiger partial charge in [-0.3, -0.25) is 9.36 Å². The summed E-state index contributed by atoms with van der Waals surface area (Å²) in [6.45, 7) is 0. The molecule has 1 aromatic carbocycles. The van der Waals surface area contributed by atoms with E-state index in [2.05, 4.69) is 41.2 Å². The summed E-state index contributed by atoms with van der Waals surface area (Å²) in [5.74, 6) is -0.323. The normalized spacial score (nSPS) is 10.3. The van der Waals surface area contributed by atoms with Crippen LogP contribution in [0.5, 0.6) is 0 Å². The molecule has 0 aliphatic rings. The Bertz CT molecular complexity index is 910. The van der Waals surface area contributed by atoms with E-state index in [4.69, 9.17) is 0 Å². The maximum atomic E-state index is 12.5. The van der Waals surface area contributed by atoms with Gasteiger partial charge >= 0.3 is 5.97 Å². The average molecular weight is 402 g/mol. The number of amides is 1. The zero-order valence-electron chi connectivity index (χ0n) is 13.0. The van der Waals surface area contributed by atoms with Gasteiger partial charge in [-0.25, -0.2) is 9.78 Å². The van der Waals surface area contributed by atoms with Crippen molar-refractivity contribution in [2.75, 3.05) is 12.4 Å². The van der Waals surface area contributed by atoms with Gasteiger partial charge in [0.2, 0.25) is 0 Å². The molecule has 9 heteroatoms. The predicted octanol–water partition coefficient (Wildman–Crippen LogP) is 2.46.